The Bertz CT molecular complexity index is 445. The van der Waals surface area contributed by atoms with Crippen LogP contribution in [0.1, 0.15) is 11.1 Å². The maximum Gasteiger partial charge on any atom is 0.0789 e. The van der Waals surface area contributed by atoms with E-state index in [1.54, 1.807) is 0 Å². The van der Waals surface area contributed by atoms with Crippen molar-refractivity contribution < 1.29 is 5.11 Å². The summed E-state index contributed by atoms with van der Waals surface area (Å²) >= 11 is 0. The molecule has 0 fully saturated rings. The average Bonchev–Trinajstić information content (AvgIpc) is 2.49. The van der Waals surface area contributed by atoms with Crippen LogP contribution in [0.5, 0.6) is 0 Å². The van der Waals surface area contributed by atoms with Crippen molar-refractivity contribution >= 4 is 0 Å². The fraction of sp³-hybridized carbons (Fsp3) is 0.294. The minimum Gasteiger partial charge on any atom is -0.390 e. The first kappa shape index (κ1) is 14.7. The predicted octanol–water partition coefficient (Wildman–Crippen LogP) is 2.01. The summed E-state index contributed by atoms with van der Waals surface area (Å²) in [6.07, 6.45) is -0.484. The summed E-state index contributed by atoms with van der Waals surface area (Å²) < 4.78 is 0. The Morgan fingerprint density at radius 1 is 0.850 bits per heavy atom. The van der Waals surface area contributed by atoms with Gasteiger partial charge in [-0.2, -0.15) is 0 Å². The Kier molecular flexibility index (Phi) is 5.74. The van der Waals surface area contributed by atoms with Crippen LogP contribution >= 0.6 is 0 Å². The molecule has 0 aliphatic heterocycles. The summed E-state index contributed by atoms with van der Waals surface area (Å²) in [5, 5.41) is 9.82. The van der Waals surface area contributed by atoms with Crippen LogP contribution in [0.15, 0.2) is 60.7 Å². The maximum atomic E-state index is 9.82. The monoisotopic (exact) mass is 270 g/mol. The van der Waals surface area contributed by atoms with Gasteiger partial charge in [0.1, 0.15) is 0 Å². The van der Waals surface area contributed by atoms with Crippen molar-refractivity contribution in [2.75, 3.05) is 13.1 Å². The predicted molar refractivity (Wildman–Crippen MR) is 82.1 cm³/mol. The van der Waals surface area contributed by atoms with Crippen molar-refractivity contribution in [1.82, 2.24) is 4.90 Å². The number of benzene rings is 2. The topological polar surface area (TPSA) is 49.5 Å². The van der Waals surface area contributed by atoms with Crippen LogP contribution in [0.3, 0.4) is 0 Å². The highest BCUT2D eigenvalue weighted by Crippen LogP contribution is 2.10. The standard InChI is InChI=1S/C17H22N2O/c18-11-17(20)14-19(12-15-7-3-1-4-8-15)13-16-9-5-2-6-10-16/h1-10,17,20H,11-14,18H2/t17-/m1/s1. The maximum absolute atomic E-state index is 9.82. The average molecular weight is 270 g/mol. The van der Waals surface area contributed by atoms with Crippen molar-refractivity contribution in [2.45, 2.75) is 19.2 Å². The normalized spacial score (nSPS) is 12.6. The SMILES string of the molecule is NC[C@@H](O)CN(Cc1ccccc1)Cc1ccccc1. The van der Waals surface area contributed by atoms with Crippen LogP contribution in [0, 0.1) is 0 Å². The summed E-state index contributed by atoms with van der Waals surface area (Å²) in [4.78, 5) is 2.22. The molecule has 1 atom stereocenters. The van der Waals surface area contributed by atoms with Crippen LogP contribution < -0.4 is 5.73 Å². The van der Waals surface area contributed by atoms with Gasteiger partial charge in [0.15, 0.2) is 0 Å². The van der Waals surface area contributed by atoms with Crippen molar-refractivity contribution in [1.29, 1.82) is 0 Å². The molecule has 0 amide bonds. The molecule has 3 N–H and O–H groups in total. The summed E-state index contributed by atoms with van der Waals surface area (Å²) in [5.41, 5.74) is 8.02. The van der Waals surface area contributed by atoms with Crippen LogP contribution in [0.2, 0.25) is 0 Å². The van der Waals surface area contributed by atoms with E-state index in [9.17, 15) is 5.11 Å². The molecule has 0 radical (unpaired) electrons. The second kappa shape index (κ2) is 7.80. The van der Waals surface area contributed by atoms with E-state index in [1.165, 1.54) is 11.1 Å². The number of aliphatic hydroxyl groups is 1. The molecule has 0 spiro atoms. The van der Waals surface area contributed by atoms with Crippen LogP contribution in [0.25, 0.3) is 0 Å². The number of nitrogens with zero attached hydrogens (tertiary/aromatic N) is 1. The van der Waals surface area contributed by atoms with E-state index in [-0.39, 0.29) is 0 Å². The first-order valence-corrected chi connectivity index (χ1v) is 6.96. The van der Waals surface area contributed by atoms with Crippen molar-refractivity contribution in [3.8, 4) is 0 Å². The number of nitrogens with two attached hydrogens (primary N) is 1. The molecule has 20 heavy (non-hydrogen) atoms. The van der Waals surface area contributed by atoms with Gasteiger partial charge in [0, 0.05) is 26.2 Å². The quantitative estimate of drug-likeness (QED) is 0.809. The van der Waals surface area contributed by atoms with Crippen LogP contribution in [-0.4, -0.2) is 29.2 Å². The molecule has 106 valence electrons. The van der Waals surface area contributed by atoms with Crippen LogP contribution in [-0.2, 0) is 13.1 Å². The molecule has 0 heterocycles. The lowest BCUT2D eigenvalue weighted by Gasteiger charge is -2.24. The second-order valence-electron chi connectivity index (χ2n) is 5.03. The van der Waals surface area contributed by atoms with E-state index < -0.39 is 6.10 Å². The zero-order valence-electron chi connectivity index (χ0n) is 11.7. The molecule has 2 aromatic rings. The number of rotatable bonds is 7. The second-order valence-corrected chi connectivity index (χ2v) is 5.03. The molecule has 0 bridgehead atoms. The van der Waals surface area contributed by atoms with E-state index in [4.69, 9.17) is 5.73 Å². The Hall–Kier alpha value is -1.68. The van der Waals surface area contributed by atoms with Gasteiger partial charge in [0.05, 0.1) is 6.10 Å². The molecule has 3 heteroatoms. The van der Waals surface area contributed by atoms with Crippen molar-refractivity contribution in [3.63, 3.8) is 0 Å². The van der Waals surface area contributed by atoms with Gasteiger partial charge < -0.3 is 10.8 Å². The lowest BCUT2D eigenvalue weighted by Crippen LogP contribution is -2.35. The molecule has 0 aromatic heterocycles. The van der Waals surface area contributed by atoms with Gasteiger partial charge in [0.2, 0.25) is 0 Å². The van der Waals surface area contributed by atoms with Gasteiger partial charge in [-0.15, -0.1) is 0 Å². The Morgan fingerprint density at radius 3 is 1.70 bits per heavy atom. The molecule has 3 nitrogen and oxygen atoms in total. The van der Waals surface area contributed by atoms with Gasteiger partial charge in [-0.25, -0.2) is 0 Å². The highest BCUT2D eigenvalue weighted by Gasteiger charge is 2.11. The molecule has 0 aliphatic rings. The smallest absolute Gasteiger partial charge is 0.0789 e. The molecule has 0 saturated heterocycles. The Morgan fingerprint density at radius 2 is 1.30 bits per heavy atom. The molecular formula is C17H22N2O. The van der Waals surface area contributed by atoms with Gasteiger partial charge >= 0.3 is 0 Å². The largest absolute Gasteiger partial charge is 0.390 e. The lowest BCUT2D eigenvalue weighted by atomic mass is 10.1. The molecule has 0 saturated carbocycles. The third kappa shape index (κ3) is 4.78. The lowest BCUT2D eigenvalue weighted by molar-refractivity contribution is 0.110. The number of aliphatic hydroxyl groups excluding tert-OH is 1. The van der Waals surface area contributed by atoms with E-state index >= 15 is 0 Å². The summed E-state index contributed by atoms with van der Waals surface area (Å²) in [5.74, 6) is 0. The zero-order chi connectivity index (χ0) is 14.2. The molecule has 2 rings (SSSR count). The van der Waals surface area contributed by atoms with E-state index in [0.29, 0.717) is 13.1 Å². The minimum absolute atomic E-state index is 0.292. The summed E-state index contributed by atoms with van der Waals surface area (Å²) in [6, 6.07) is 20.6. The first-order valence-electron chi connectivity index (χ1n) is 6.96. The number of hydrogen-bond acceptors (Lipinski definition) is 3. The first-order chi connectivity index (χ1) is 9.78. The Labute approximate surface area is 120 Å². The van der Waals surface area contributed by atoms with Crippen molar-refractivity contribution in [3.05, 3.63) is 71.8 Å². The molecule has 0 aliphatic carbocycles. The highest BCUT2D eigenvalue weighted by molar-refractivity contribution is 5.17. The van der Waals surface area contributed by atoms with Gasteiger partial charge in [-0.3, -0.25) is 4.90 Å². The van der Waals surface area contributed by atoms with E-state index in [2.05, 4.69) is 29.2 Å². The van der Waals surface area contributed by atoms with Crippen LogP contribution in [0.4, 0.5) is 0 Å². The summed E-state index contributed by atoms with van der Waals surface area (Å²) in [6.45, 7) is 2.50. The zero-order valence-corrected chi connectivity index (χ0v) is 11.7. The minimum atomic E-state index is -0.484. The molecular weight excluding hydrogens is 248 g/mol. The highest BCUT2D eigenvalue weighted by atomic mass is 16.3. The summed E-state index contributed by atoms with van der Waals surface area (Å²) in [7, 11) is 0. The number of hydrogen-bond donors (Lipinski definition) is 2. The fourth-order valence-corrected chi connectivity index (χ4v) is 2.24. The van der Waals surface area contributed by atoms with E-state index in [0.717, 1.165) is 13.1 Å². The fourth-order valence-electron chi connectivity index (χ4n) is 2.24. The van der Waals surface area contributed by atoms with E-state index in [1.807, 2.05) is 36.4 Å². The van der Waals surface area contributed by atoms with Gasteiger partial charge in [-0.05, 0) is 11.1 Å². The third-order valence-electron chi connectivity index (χ3n) is 3.24. The van der Waals surface area contributed by atoms with Crippen molar-refractivity contribution in [2.24, 2.45) is 5.73 Å². The van der Waals surface area contributed by atoms with Gasteiger partial charge in [-0.1, -0.05) is 60.7 Å². The molecule has 2 aromatic carbocycles. The third-order valence-corrected chi connectivity index (χ3v) is 3.24. The van der Waals surface area contributed by atoms with Gasteiger partial charge in [0.25, 0.3) is 0 Å². The molecule has 0 unspecified atom stereocenters. The Balaban J connectivity index is 2.04.